The summed E-state index contributed by atoms with van der Waals surface area (Å²) in [6.45, 7) is 4.76. The number of carboxylic acid groups (broad SMARTS) is 1. The Balaban J connectivity index is 4.05. The van der Waals surface area contributed by atoms with Crippen molar-refractivity contribution in [2.45, 2.75) is 19.4 Å². The number of ether oxygens (including phenoxy) is 1. The van der Waals surface area contributed by atoms with E-state index in [9.17, 15) is 14.4 Å². The predicted octanol–water partition coefficient (Wildman–Crippen LogP) is 1.02. The summed E-state index contributed by atoms with van der Waals surface area (Å²) in [6.07, 6.45) is 0.717. The van der Waals surface area contributed by atoms with Crippen LogP contribution in [0.2, 0.25) is 0 Å². The van der Waals surface area contributed by atoms with E-state index in [2.05, 4.69) is 16.6 Å². The van der Waals surface area contributed by atoms with Gasteiger partial charge in [-0.1, -0.05) is 24.4 Å². The second-order valence-electron chi connectivity index (χ2n) is 3.05. The zero-order valence-electron chi connectivity index (χ0n) is 9.47. The van der Waals surface area contributed by atoms with Crippen molar-refractivity contribution in [2.75, 3.05) is 12.4 Å². The minimum Gasteiger partial charge on any atom is -0.480 e. The third kappa shape index (κ3) is 8.32. The van der Waals surface area contributed by atoms with Crippen molar-refractivity contribution in [2.24, 2.45) is 0 Å². The minimum atomic E-state index is -1.16. The van der Waals surface area contributed by atoms with Crippen molar-refractivity contribution in [1.82, 2.24) is 5.32 Å². The summed E-state index contributed by atoms with van der Waals surface area (Å²) in [5.41, 5.74) is 0. The fourth-order valence-corrected chi connectivity index (χ4v) is 1.54. The van der Waals surface area contributed by atoms with Crippen LogP contribution in [-0.2, 0) is 14.3 Å². The molecule has 0 heterocycles. The van der Waals surface area contributed by atoms with E-state index >= 15 is 0 Å². The molecule has 0 fully saturated rings. The predicted molar refractivity (Wildman–Crippen MR) is 63.9 cm³/mol. The maximum Gasteiger partial charge on any atom is 0.408 e. The highest BCUT2D eigenvalue weighted by atomic mass is 32.2. The first-order valence-corrected chi connectivity index (χ1v) is 5.86. The number of hydrogen-bond donors (Lipinski definition) is 2. The Labute approximate surface area is 103 Å². The van der Waals surface area contributed by atoms with Gasteiger partial charge in [-0.05, 0) is 6.42 Å². The summed E-state index contributed by atoms with van der Waals surface area (Å²) in [7, 11) is 0. The van der Waals surface area contributed by atoms with E-state index in [0.717, 1.165) is 11.8 Å². The quantitative estimate of drug-likeness (QED) is 0.665. The van der Waals surface area contributed by atoms with Gasteiger partial charge in [0.05, 0.1) is 0 Å². The second kappa shape index (κ2) is 8.63. The van der Waals surface area contributed by atoms with Crippen molar-refractivity contribution in [3.8, 4) is 0 Å². The molecule has 0 saturated carbocycles. The summed E-state index contributed by atoms with van der Waals surface area (Å²) in [5, 5.41) is 10.9. The molecule has 0 spiro atoms. The van der Waals surface area contributed by atoms with E-state index < -0.39 is 18.1 Å². The van der Waals surface area contributed by atoms with Crippen LogP contribution in [0.1, 0.15) is 13.3 Å². The van der Waals surface area contributed by atoms with Gasteiger partial charge >= 0.3 is 12.1 Å². The fourth-order valence-electron chi connectivity index (χ4n) is 0.896. The molecule has 1 unspecified atom stereocenters. The zero-order valence-corrected chi connectivity index (χ0v) is 10.3. The first-order chi connectivity index (χ1) is 7.97. The molecule has 0 rings (SSSR count). The van der Waals surface area contributed by atoms with Crippen LogP contribution in [0.4, 0.5) is 4.79 Å². The van der Waals surface area contributed by atoms with Crippen LogP contribution in [0.15, 0.2) is 12.7 Å². The highest BCUT2D eigenvalue weighted by Gasteiger charge is 2.20. The van der Waals surface area contributed by atoms with Gasteiger partial charge in [0.1, 0.15) is 12.6 Å². The zero-order chi connectivity index (χ0) is 13.3. The highest BCUT2D eigenvalue weighted by molar-refractivity contribution is 8.13. The van der Waals surface area contributed by atoms with Gasteiger partial charge in [0.25, 0.3) is 0 Å². The number of carbonyl (C=O) groups is 3. The molecule has 0 aliphatic heterocycles. The lowest BCUT2D eigenvalue weighted by Gasteiger charge is -2.13. The van der Waals surface area contributed by atoms with Gasteiger partial charge in [-0.15, -0.1) is 0 Å². The summed E-state index contributed by atoms with van der Waals surface area (Å²) in [4.78, 5) is 32.5. The van der Waals surface area contributed by atoms with Gasteiger partial charge in [-0.25, -0.2) is 9.59 Å². The molecule has 0 radical (unpaired) electrons. The summed E-state index contributed by atoms with van der Waals surface area (Å²) in [5.74, 6) is -0.835. The number of carbonyl (C=O) groups excluding carboxylic acids is 2. The summed E-state index contributed by atoms with van der Waals surface area (Å²) < 4.78 is 4.59. The summed E-state index contributed by atoms with van der Waals surface area (Å²) in [6, 6.07) is -1.06. The Hall–Kier alpha value is -1.50. The average molecular weight is 261 g/mol. The number of alkyl carbamates (subject to hydrolysis) is 1. The van der Waals surface area contributed by atoms with Crippen LogP contribution >= 0.6 is 11.8 Å². The third-order valence-corrected chi connectivity index (χ3v) is 2.48. The van der Waals surface area contributed by atoms with Crippen LogP contribution in [0.25, 0.3) is 0 Å². The van der Waals surface area contributed by atoms with Crippen molar-refractivity contribution in [1.29, 1.82) is 0 Å². The number of hydrogen-bond acceptors (Lipinski definition) is 5. The molecule has 0 bridgehead atoms. The molecule has 2 N–H and O–H groups in total. The van der Waals surface area contributed by atoms with Crippen LogP contribution in [0.5, 0.6) is 0 Å². The summed E-state index contributed by atoms with van der Waals surface area (Å²) >= 11 is 1.01. The average Bonchev–Trinajstić information content (AvgIpc) is 2.24. The molecule has 96 valence electrons. The molecule has 1 amide bonds. The van der Waals surface area contributed by atoms with Gasteiger partial charge in [0.2, 0.25) is 0 Å². The molecule has 0 saturated heterocycles. The topological polar surface area (TPSA) is 92.7 Å². The number of rotatable bonds is 7. The van der Waals surface area contributed by atoms with Crippen LogP contribution in [0.3, 0.4) is 0 Å². The second-order valence-corrected chi connectivity index (χ2v) is 4.32. The Morgan fingerprint density at radius 2 is 2.18 bits per heavy atom. The van der Waals surface area contributed by atoms with E-state index in [1.54, 1.807) is 0 Å². The van der Waals surface area contributed by atoms with E-state index in [0.29, 0.717) is 5.75 Å². The Morgan fingerprint density at radius 3 is 2.65 bits per heavy atom. The van der Waals surface area contributed by atoms with Crippen molar-refractivity contribution >= 4 is 28.9 Å². The molecule has 0 aromatic carbocycles. The van der Waals surface area contributed by atoms with Crippen molar-refractivity contribution in [3.63, 3.8) is 0 Å². The van der Waals surface area contributed by atoms with Crippen molar-refractivity contribution in [3.05, 3.63) is 12.7 Å². The van der Waals surface area contributed by atoms with Crippen LogP contribution < -0.4 is 5.32 Å². The molecule has 0 aliphatic carbocycles. The highest BCUT2D eigenvalue weighted by Crippen LogP contribution is 2.06. The first kappa shape index (κ1) is 15.5. The normalized spacial score (nSPS) is 11.4. The lowest BCUT2D eigenvalue weighted by molar-refractivity contribution is -0.139. The van der Waals surface area contributed by atoms with E-state index in [-0.39, 0.29) is 18.1 Å². The maximum atomic E-state index is 11.1. The maximum absolute atomic E-state index is 11.1. The lowest BCUT2D eigenvalue weighted by atomic mass is 10.2. The molecule has 17 heavy (non-hydrogen) atoms. The number of aliphatic carboxylic acids is 1. The van der Waals surface area contributed by atoms with Crippen LogP contribution in [-0.4, -0.2) is 40.7 Å². The van der Waals surface area contributed by atoms with Gasteiger partial charge in [0, 0.05) is 12.7 Å². The minimum absolute atomic E-state index is 0.0143. The molecule has 6 nitrogen and oxygen atoms in total. The standard InChI is InChI=1S/C10H15NO5S/c1-3-5-16-10(15)11-8(9(13)14)4-6-17-7(2)12/h3,8H,1,4-6H2,2H3,(H,11,15)(H,13,14). The lowest BCUT2D eigenvalue weighted by Crippen LogP contribution is -2.41. The van der Waals surface area contributed by atoms with Crippen molar-refractivity contribution < 1.29 is 24.2 Å². The molecule has 0 aromatic rings. The first-order valence-electron chi connectivity index (χ1n) is 4.87. The van der Waals surface area contributed by atoms with Gasteiger partial charge in [0.15, 0.2) is 5.12 Å². The Kier molecular flexibility index (Phi) is 7.87. The van der Waals surface area contributed by atoms with E-state index in [4.69, 9.17) is 5.11 Å². The Bertz CT molecular complexity index is 305. The molecular weight excluding hydrogens is 246 g/mol. The van der Waals surface area contributed by atoms with Gasteiger partial charge < -0.3 is 15.2 Å². The van der Waals surface area contributed by atoms with E-state index in [1.807, 2.05) is 0 Å². The van der Waals surface area contributed by atoms with E-state index in [1.165, 1.54) is 13.0 Å². The molecule has 0 aromatic heterocycles. The molecule has 0 aliphatic rings. The van der Waals surface area contributed by atoms with Gasteiger partial charge in [-0.2, -0.15) is 0 Å². The number of carboxylic acids is 1. The smallest absolute Gasteiger partial charge is 0.408 e. The molecular formula is C10H15NO5S. The molecule has 1 atom stereocenters. The monoisotopic (exact) mass is 261 g/mol. The molecule has 7 heteroatoms. The number of nitrogens with one attached hydrogen (secondary N) is 1. The Morgan fingerprint density at radius 1 is 1.53 bits per heavy atom. The third-order valence-electron chi connectivity index (χ3n) is 1.63. The van der Waals surface area contributed by atoms with Gasteiger partial charge in [-0.3, -0.25) is 4.79 Å². The van der Waals surface area contributed by atoms with Crippen LogP contribution in [0, 0.1) is 0 Å². The SMILES string of the molecule is C=CCOC(=O)NC(CCSC(C)=O)C(=O)O. The number of thioether (sulfide) groups is 1. The largest absolute Gasteiger partial charge is 0.480 e. The fraction of sp³-hybridized carbons (Fsp3) is 0.500. The number of amides is 1.